The third-order valence-corrected chi connectivity index (χ3v) is 6.84. The number of nitrogens with two attached hydrogens (primary N) is 2. The lowest BCUT2D eigenvalue weighted by atomic mass is 9.95. The lowest BCUT2D eigenvalue weighted by Crippen LogP contribution is -2.19. The molecule has 1 atom stereocenters. The molecule has 2 aromatic carbocycles. The predicted molar refractivity (Wildman–Crippen MR) is 136 cm³/mol. The number of carbonyl (C=O) groups is 2. The van der Waals surface area contributed by atoms with E-state index in [4.69, 9.17) is 11.5 Å². The number of amides is 3. The summed E-state index contributed by atoms with van der Waals surface area (Å²) >= 11 is 4.86. The van der Waals surface area contributed by atoms with Crippen molar-refractivity contribution in [3.05, 3.63) is 64.2 Å². The van der Waals surface area contributed by atoms with Crippen LogP contribution in [0.1, 0.15) is 24.1 Å². The molecule has 2 aromatic heterocycles. The number of hydrogen-bond donors (Lipinski definition) is 4. The monoisotopic (exact) mass is 524 g/mol. The van der Waals surface area contributed by atoms with Crippen molar-refractivity contribution in [3.8, 4) is 11.1 Å². The minimum absolute atomic E-state index is 0.107. The first-order valence-corrected chi connectivity index (χ1v) is 11.7. The minimum Gasteiger partial charge on any atom is -0.383 e. The summed E-state index contributed by atoms with van der Waals surface area (Å²) in [6.07, 6.45) is 1.64. The molecule has 0 bridgehead atoms. The summed E-state index contributed by atoms with van der Waals surface area (Å²) in [4.78, 5) is 34.1. The van der Waals surface area contributed by atoms with Crippen LogP contribution in [0.15, 0.2) is 59.3 Å². The Kier molecular flexibility index (Phi) is 6.57. The Morgan fingerprint density at radius 3 is 2.52 bits per heavy atom. The third kappa shape index (κ3) is 5.12. The number of carbonyl (C=O) groups excluding carboxylic acids is 2. The van der Waals surface area contributed by atoms with E-state index in [1.807, 2.05) is 49.4 Å². The first-order chi connectivity index (χ1) is 15.8. The number of aromatic nitrogens is 2. The summed E-state index contributed by atoms with van der Waals surface area (Å²) in [6.45, 7) is 1.95. The normalized spacial score (nSPS) is 11.8. The van der Waals surface area contributed by atoms with Gasteiger partial charge in [0.1, 0.15) is 17.0 Å². The predicted octanol–water partition coefficient (Wildman–Crippen LogP) is 5.33. The summed E-state index contributed by atoms with van der Waals surface area (Å²) in [5, 5.41) is 6.36. The van der Waals surface area contributed by atoms with Crippen LogP contribution in [0.5, 0.6) is 0 Å². The van der Waals surface area contributed by atoms with Gasteiger partial charge in [-0.05, 0) is 41.8 Å². The van der Waals surface area contributed by atoms with Crippen LogP contribution < -0.4 is 22.1 Å². The molecule has 4 rings (SSSR count). The van der Waals surface area contributed by atoms with Crippen LogP contribution in [0.4, 0.5) is 22.0 Å². The van der Waals surface area contributed by atoms with E-state index < -0.39 is 0 Å². The molecule has 0 aliphatic rings. The highest BCUT2D eigenvalue weighted by Gasteiger charge is 2.22. The molecule has 6 N–H and O–H groups in total. The summed E-state index contributed by atoms with van der Waals surface area (Å²) < 4.78 is 0.872. The Balaban J connectivity index is 1.62. The van der Waals surface area contributed by atoms with Crippen LogP contribution in [0, 0.1) is 0 Å². The molecular weight excluding hydrogens is 504 g/mol. The minimum atomic E-state index is -0.374. The van der Waals surface area contributed by atoms with Gasteiger partial charge in [0.15, 0.2) is 0 Å². The molecule has 1 unspecified atom stereocenters. The standard InChI is InChI=1S/C23H21BrN6O2S/c1-12(9-17(25)31)20-18(19-21(26)27-11-28-22(19)33-20)13-5-7-15(8-6-13)29-23(32)30-16-4-2-3-14(24)10-16/h2-8,10-12H,9H2,1H3,(H2,25,31)(H2,26,27,28)(H2,29,30,32). The quantitative estimate of drug-likeness (QED) is 0.270. The summed E-state index contributed by atoms with van der Waals surface area (Å²) in [5.74, 6) is -0.106. The van der Waals surface area contributed by atoms with Crippen molar-refractivity contribution in [2.24, 2.45) is 5.73 Å². The molecule has 8 nitrogen and oxygen atoms in total. The van der Waals surface area contributed by atoms with Crippen molar-refractivity contribution in [2.45, 2.75) is 19.3 Å². The van der Waals surface area contributed by atoms with E-state index in [2.05, 4.69) is 36.5 Å². The molecule has 10 heteroatoms. The number of anilines is 3. The summed E-state index contributed by atoms with van der Waals surface area (Å²) in [5.41, 5.74) is 14.7. The van der Waals surface area contributed by atoms with Crippen molar-refractivity contribution in [1.82, 2.24) is 9.97 Å². The van der Waals surface area contributed by atoms with Gasteiger partial charge in [0.05, 0.1) is 5.39 Å². The zero-order chi connectivity index (χ0) is 23.5. The molecule has 0 saturated heterocycles. The molecule has 0 saturated carbocycles. The highest BCUT2D eigenvalue weighted by atomic mass is 79.9. The number of urea groups is 1. The molecule has 0 fully saturated rings. The second-order valence-electron chi connectivity index (χ2n) is 7.52. The van der Waals surface area contributed by atoms with E-state index in [0.29, 0.717) is 17.2 Å². The highest BCUT2D eigenvalue weighted by molar-refractivity contribution is 9.10. The average molecular weight is 525 g/mol. The molecule has 0 aliphatic carbocycles. The maximum atomic E-state index is 12.4. The van der Waals surface area contributed by atoms with E-state index in [-0.39, 0.29) is 24.3 Å². The number of nitrogens with zero attached hydrogens (tertiary/aromatic N) is 2. The van der Waals surface area contributed by atoms with E-state index >= 15 is 0 Å². The fourth-order valence-electron chi connectivity index (χ4n) is 3.58. The highest BCUT2D eigenvalue weighted by Crippen LogP contribution is 2.44. The van der Waals surface area contributed by atoms with Crippen LogP contribution in [0.25, 0.3) is 21.3 Å². The van der Waals surface area contributed by atoms with Gasteiger partial charge in [0.25, 0.3) is 0 Å². The smallest absolute Gasteiger partial charge is 0.323 e. The first-order valence-electron chi connectivity index (χ1n) is 10.1. The Morgan fingerprint density at radius 2 is 1.82 bits per heavy atom. The Labute approximate surface area is 202 Å². The Morgan fingerprint density at radius 1 is 1.09 bits per heavy atom. The lowest BCUT2D eigenvalue weighted by Gasteiger charge is -2.12. The lowest BCUT2D eigenvalue weighted by molar-refractivity contribution is -0.118. The fraction of sp³-hybridized carbons (Fsp3) is 0.130. The van der Waals surface area contributed by atoms with Crippen molar-refractivity contribution >= 4 is 66.6 Å². The number of rotatable bonds is 6. The molecule has 3 amide bonds. The second-order valence-corrected chi connectivity index (χ2v) is 9.47. The molecule has 0 spiro atoms. The van der Waals surface area contributed by atoms with Crippen molar-refractivity contribution in [3.63, 3.8) is 0 Å². The van der Waals surface area contributed by atoms with E-state index in [0.717, 1.165) is 30.7 Å². The number of thiophene rings is 1. The number of nitrogen functional groups attached to an aromatic ring is 1. The fourth-order valence-corrected chi connectivity index (χ4v) is 5.20. The zero-order valence-electron chi connectivity index (χ0n) is 17.6. The molecule has 4 aromatic rings. The topological polar surface area (TPSA) is 136 Å². The first kappa shape index (κ1) is 22.7. The van der Waals surface area contributed by atoms with Gasteiger partial charge in [-0.25, -0.2) is 14.8 Å². The van der Waals surface area contributed by atoms with Gasteiger partial charge in [-0.1, -0.05) is 41.1 Å². The van der Waals surface area contributed by atoms with Crippen LogP contribution in [-0.2, 0) is 4.79 Å². The number of benzene rings is 2. The van der Waals surface area contributed by atoms with Crippen LogP contribution in [0.3, 0.4) is 0 Å². The van der Waals surface area contributed by atoms with Crippen molar-refractivity contribution in [2.75, 3.05) is 16.4 Å². The van der Waals surface area contributed by atoms with Gasteiger partial charge in [-0.2, -0.15) is 0 Å². The third-order valence-electron chi connectivity index (χ3n) is 5.01. The van der Waals surface area contributed by atoms with Gasteiger partial charge in [-0.15, -0.1) is 11.3 Å². The van der Waals surface area contributed by atoms with Crippen LogP contribution in [-0.4, -0.2) is 21.9 Å². The summed E-state index contributed by atoms with van der Waals surface area (Å²) in [7, 11) is 0. The second kappa shape index (κ2) is 9.55. The van der Waals surface area contributed by atoms with Gasteiger partial charge in [0.2, 0.25) is 5.91 Å². The molecule has 2 heterocycles. The van der Waals surface area contributed by atoms with Crippen molar-refractivity contribution < 1.29 is 9.59 Å². The number of nitrogens with one attached hydrogen (secondary N) is 2. The SMILES string of the molecule is CC(CC(N)=O)c1sc2ncnc(N)c2c1-c1ccc(NC(=O)Nc2cccc(Br)c2)cc1. The molecule has 0 aliphatic heterocycles. The Hall–Kier alpha value is -3.50. The van der Waals surface area contributed by atoms with Gasteiger partial charge in [-0.3, -0.25) is 4.79 Å². The number of primary amides is 1. The number of halogens is 1. The van der Waals surface area contributed by atoms with Gasteiger partial charge < -0.3 is 22.1 Å². The van der Waals surface area contributed by atoms with Crippen molar-refractivity contribution in [1.29, 1.82) is 0 Å². The average Bonchev–Trinajstić information content (AvgIpc) is 3.15. The molecule has 168 valence electrons. The van der Waals surface area contributed by atoms with E-state index in [9.17, 15) is 9.59 Å². The molecular formula is C23H21BrN6O2S. The van der Waals surface area contributed by atoms with Gasteiger partial charge in [0, 0.05) is 32.7 Å². The summed E-state index contributed by atoms with van der Waals surface area (Å²) in [6, 6.07) is 14.4. The zero-order valence-corrected chi connectivity index (χ0v) is 20.0. The van der Waals surface area contributed by atoms with E-state index in [1.54, 1.807) is 6.07 Å². The largest absolute Gasteiger partial charge is 0.383 e. The maximum Gasteiger partial charge on any atom is 0.323 e. The van der Waals surface area contributed by atoms with E-state index in [1.165, 1.54) is 17.7 Å². The molecule has 0 radical (unpaired) electrons. The van der Waals surface area contributed by atoms with Crippen LogP contribution in [0.2, 0.25) is 0 Å². The Bertz CT molecular complexity index is 1340. The van der Waals surface area contributed by atoms with Gasteiger partial charge >= 0.3 is 6.03 Å². The van der Waals surface area contributed by atoms with Crippen LogP contribution >= 0.6 is 27.3 Å². The molecule has 33 heavy (non-hydrogen) atoms. The number of hydrogen-bond acceptors (Lipinski definition) is 6. The number of fused-ring (bicyclic) bond motifs is 1. The maximum absolute atomic E-state index is 12.4.